The third-order valence-corrected chi connectivity index (χ3v) is 2.76. The quantitative estimate of drug-likeness (QED) is 0.829. The van der Waals surface area contributed by atoms with Crippen molar-refractivity contribution in [3.05, 3.63) is 59.0 Å². The number of benzene rings is 1. The molecular formula is C14H13ClN2O3. The molecule has 0 radical (unpaired) electrons. The van der Waals surface area contributed by atoms with Gasteiger partial charge in [-0.15, -0.1) is 0 Å². The average Bonchev–Trinajstić information content (AvgIpc) is 2.97. The lowest BCUT2D eigenvalue weighted by molar-refractivity contribution is 0.0910. The van der Waals surface area contributed by atoms with Crippen molar-refractivity contribution in [1.82, 2.24) is 10.6 Å². The number of hydrogen-bond donors (Lipinski definition) is 2. The number of furan rings is 1. The number of amides is 2. The van der Waals surface area contributed by atoms with E-state index in [2.05, 4.69) is 10.6 Å². The van der Waals surface area contributed by atoms with Crippen molar-refractivity contribution in [2.24, 2.45) is 0 Å². The van der Waals surface area contributed by atoms with Crippen molar-refractivity contribution in [3.63, 3.8) is 0 Å². The summed E-state index contributed by atoms with van der Waals surface area (Å²) in [6.07, 6.45) is 1.43. The molecule has 0 aliphatic heterocycles. The first-order valence-electron chi connectivity index (χ1n) is 6.02. The Morgan fingerprint density at radius 2 is 1.80 bits per heavy atom. The van der Waals surface area contributed by atoms with Crippen LogP contribution in [0.15, 0.2) is 47.1 Å². The SMILES string of the molecule is O=C(NCCNC(=O)c1ccco1)c1cccc(Cl)c1. The number of carbonyl (C=O) groups excluding carboxylic acids is 2. The Hall–Kier alpha value is -2.27. The molecule has 0 aliphatic carbocycles. The summed E-state index contributed by atoms with van der Waals surface area (Å²) in [7, 11) is 0. The third-order valence-electron chi connectivity index (χ3n) is 2.53. The van der Waals surface area contributed by atoms with Gasteiger partial charge in [-0.25, -0.2) is 0 Å². The van der Waals surface area contributed by atoms with Gasteiger partial charge in [0.15, 0.2) is 5.76 Å². The van der Waals surface area contributed by atoms with Gasteiger partial charge in [0.25, 0.3) is 11.8 Å². The largest absolute Gasteiger partial charge is 0.459 e. The van der Waals surface area contributed by atoms with E-state index in [4.69, 9.17) is 16.0 Å². The van der Waals surface area contributed by atoms with E-state index in [1.807, 2.05) is 0 Å². The van der Waals surface area contributed by atoms with E-state index in [1.165, 1.54) is 6.26 Å². The van der Waals surface area contributed by atoms with Gasteiger partial charge in [-0.05, 0) is 30.3 Å². The van der Waals surface area contributed by atoms with Gasteiger partial charge in [0.1, 0.15) is 0 Å². The highest BCUT2D eigenvalue weighted by Crippen LogP contribution is 2.10. The van der Waals surface area contributed by atoms with E-state index >= 15 is 0 Å². The fourth-order valence-corrected chi connectivity index (χ4v) is 1.77. The minimum Gasteiger partial charge on any atom is -0.459 e. The second-order valence-electron chi connectivity index (χ2n) is 4.00. The van der Waals surface area contributed by atoms with Gasteiger partial charge in [0, 0.05) is 23.7 Å². The molecule has 1 heterocycles. The molecule has 5 nitrogen and oxygen atoms in total. The highest BCUT2D eigenvalue weighted by atomic mass is 35.5. The summed E-state index contributed by atoms with van der Waals surface area (Å²) in [5.74, 6) is -0.307. The molecule has 6 heteroatoms. The molecule has 0 saturated heterocycles. The van der Waals surface area contributed by atoms with E-state index in [0.717, 1.165) is 0 Å². The van der Waals surface area contributed by atoms with Crippen LogP contribution >= 0.6 is 11.6 Å². The second-order valence-corrected chi connectivity index (χ2v) is 4.44. The van der Waals surface area contributed by atoms with Gasteiger partial charge in [-0.1, -0.05) is 17.7 Å². The van der Waals surface area contributed by atoms with Crippen LogP contribution < -0.4 is 10.6 Å². The van der Waals surface area contributed by atoms with Crippen LogP contribution in [0.25, 0.3) is 0 Å². The molecule has 20 heavy (non-hydrogen) atoms. The molecule has 104 valence electrons. The first kappa shape index (κ1) is 14.1. The number of carbonyl (C=O) groups is 2. The zero-order valence-corrected chi connectivity index (χ0v) is 11.3. The maximum atomic E-state index is 11.8. The normalized spacial score (nSPS) is 10.1. The van der Waals surface area contributed by atoms with Gasteiger partial charge in [-0.2, -0.15) is 0 Å². The molecule has 0 fully saturated rings. The Kier molecular flexibility index (Phi) is 4.79. The Bertz CT molecular complexity index is 596. The fraction of sp³-hybridized carbons (Fsp3) is 0.143. The lowest BCUT2D eigenvalue weighted by Crippen LogP contribution is -2.34. The van der Waals surface area contributed by atoms with Crippen molar-refractivity contribution in [2.45, 2.75) is 0 Å². The molecule has 0 unspecified atom stereocenters. The van der Waals surface area contributed by atoms with Crippen LogP contribution in [0.4, 0.5) is 0 Å². The van der Waals surface area contributed by atoms with Gasteiger partial charge in [-0.3, -0.25) is 9.59 Å². The summed E-state index contributed by atoms with van der Waals surface area (Å²) in [6.45, 7) is 0.629. The summed E-state index contributed by atoms with van der Waals surface area (Å²) < 4.78 is 4.94. The van der Waals surface area contributed by atoms with E-state index in [1.54, 1.807) is 36.4 Å². The van der Waals surface area contributed by atoms with Crippen LogP contribution in [0.2, 0.25) is 5.02 Å². The van der Waals surface area contributed by atoms with Gasteiger partial charge in [0.05, 0.1) is 6.26 Å². The summed E-state index contributed by atoms with van der Waals surface area (Å²) in [5.41, 5.74) is 0.481. The number of rotatable bonds is 5. The fourth-order valence-electron chi connectivity index (χ4n) is 1.58. The van der Waals surface area contributed by atoms with Crippen LogP contribution in [-0.2, 0) is 0 Å². The van der Waals surface area contributed by atoms with Gasteiger partial charge < -0.3 is 15.1 Å². The molecule has 2 amide bonds. The highest BCUT2D eigenvalue weighted by Gasteiger charge is 2.08. The van der Waals surface area contributed by atoms with Crippen LogP contribution in [-0.4, -0.2) is 24.9 Å². The molecule has 2 N–H and O–H groups in total. The lowest BCUT2D eigenvalue weighted by Gasteiger charge is -2.06. The van der Waals surface area contributed by atoms with E-state index in [-0.39, 0.29) is 17.6 Å². The number of nitrogens with one attached hydrogen (secondary N) is 2. The molecule has 0 spiro atoms. The van der Waals surface area contributed by atoms with Crippen LogP contribution in [0, 0.1) is 0 Å². The molecule has 0 atom stereocenters. The van der Waals surface area contributed by atoms with Crippen molar-refractivity contribution >= 4 is 23.4 Å². The van der Waals surface area contributed by atoms with Crippen molar-refractivity contribution in [3.8, 4) is 0 Å². The molecule has 2 rings (SSSR count). The van der Waals surface area contributed by atoms with E-state index in [9.17, 15) is 9.59 Å². The number of halogens is 1. The van der Waals surface area contributed by atoms with Crippen molar-refractivity contribution in [2.75, 3.05) is 13.1 Å². The van der Waals surface area contributed by atoms with Crippen molar-refractivity contribution in [1.29, 1.82) is 0 Å². The summed E-state index contributed by atoms with van der Waals surface area (Å²) in [4.78, 5) is 23.3. The maximum Gasteiger partial charge on any atom is 0.287 e. The Balaban J connectivity index is 1.73. The Morgan fingerprint density at radius 1 is 1.05 bits per heavy atom. The average molecular weight is 293 g/mol. The smallest absolute Gasteiger partial charge is 0.287 e. The zero-order valence-electron chi connectivity index (χ0n) is 10.6. The third kappa shape index (κ3) is 3.86. The standard InChI is InChI=1S/C14H13ClN2O3/c15-11-4-1-3-10(9-11)13(18)16-6-7-17-14(19)12-5-2-8-20-12/h1-5,8-9H,6-7H2,(H,16,18)(H,17,19). The van der Waals surface area contributed by atoms with Gasteiger partial charge >= 0.3 is 0 Å². The topological polar surface area (TPSA) is 71.3 Å². The zero-order chi connectivity index (χ0) is 14.4. The Labute approximate surface area is 120 Å². The van der Waals surface area contributed by atoms with Crippen LogP contribution in [0.5, 0.6) is 0 Å². The predicted octanol–water partition coefficient (Wildman–Crippen LogP) is 2.09. The minimum absolute atomic E-state index is 0.236. The van der Waals surface area contributed by atoms with Crippen LogP contribution in [0.3, 0.4) is 0 Å². The second kappa shape index (κ2) is 6.77. The summed E-state index contributed by atoms with van der Waals surface area (Å²) in [6, 6.07) is 9.86. The molecule has 0 saturated carbocycles. The highest BCUT2D eigenvalue weighted by molar-refractivity contribution is 6.30. The maximum absolute atomic E-state index is 11.8. The summed E-state index contributed by atoms with van der Waals surface area (Å²) in [5, 5.41) is 5.82. The van der Waals surface area contributed by atoms with E-state index < -0.39 is 0 Å². The monoisotopic (exact) mass is 292 g/mol. The first-order valence-corrected chi connectivity index (χ1v) is 6.40. The molecule has 2 aromatic rings. The number of hydrogen-bond acceptors (Lipinski definition) is 3. The minimum atomic E-state index is -0.313. The van der Waals surface area contributed by atoms with Crippen molar-refractivity contribution < 1.29 is 14.0 Å². The molecule has 1 aromatic carbocycles. The first-order chi connectivity index (χ1) is 9.66. The molecule has 0 bridgehead atoms. The van der Waals surface area contributed by atoms with Gasteiger partial charge in [0.2, 0.25) is 0 Å². The lowest BCUT2D eigenvalue weighted by atomic mass is 10.2. The van der Waals surface area contributed by atoms with Crippen LogP contribution in [0.1, 0.15) is 20.9 Å². The predicted molar refractivity (Wildman–Crippen MR) is 74.8 cm³/mol. The Morgan fingerprint density at radius 3 is 2.45 bits per heavy atom. The molecule has 1 aromatic heterocycles. The molecule has 0 aliphatic rings. The molecular weight excluding hydrogens is 280 g/mol. The summed E-state index contributed by atoms with van der Waals surface area (Å²) >= 11 is 5.80. The van der Waals surface area contributed by atoms with E-state index in [0.29, 0.717) is 23.7 Å².